The van der Waals surface area contributed by atoms with E-state index in [-0.39, 0.29) is 0 Å². The summed E-state index contributed by atoms with van der Waals surface area (Å²) in [5.41, 5.74) is 5.61. The summed E-state index contributed by atoms with van der Waals surface area (Å²) in [7, 11) is 1.96. The van der Waals surface area contributed by atoms with Crippen molar-refractivity contribution < 1.29 is 0 Å². The Labute approximate surface area is 138 Å². The first-order valence-electron chi connectivity index (χ1n) is 7.08. The van der Waals surface area contributed by atoms with Crippen molar-refractivity contribution in [3.63, 3.8) is 0 Å². The minimum atomic E-state index is 0.637. The number of nitrogens with zero attached hydrogens (tertiary/aromatic N) is 5. The van der Waals surface area contributed by atoms with Gasteiger partial charge in [-0.15, -0.1) is 10.2 Å². The lowest BCUT2D eigenvalue weighted by molar-refractivity contribution is 1.04. The number of hydrogen-bond donors (Lipinski definition) is 1. The van der Waals surface area contributed by atoms with Crippen LogP contribution in [0.4, 0.5) is 16.0 Å². The Morgan fingerprint density at radius 1 is 1.09 bits per heavy atom. The number of aromatic nitrogens is 3. The van der Waals surface area contributed by atoms with Crippen molar-refractivity contribution in [2.75, 3.05) is 17.4 Å². The fourth-order valence-electron chi connectivity index (χ4n) is 1.92. The molecule has 3 aromatic rings. The molecule has 3 rings (SSSR count). The predicted molar refractivity (Wildman–Crippen MR) is 94.5 cm³/mol. The Balaban J connectivity index is 1.70. The molecule has 0 saturated heterocycles. The van der Waals surface area contributed by atoms with Gasteiger partial charge in [0.05, 0.1) is 11.4 Å². The zero-order valence-corrected chi connectivity index (χ0v) is 13.7. The van der Waals surface area contributed by atoms with Crippen LogP contribution in [0.2, 0.25) is 0 Å². The Hall–Kier alpha value is -2.80. The third kappa shape index (κ3) is 3.70. The van der Waals surface area contributed by atoms with E-state index in [1.165, 1.54) is 11.3 Å². The van der Waals surface area contributed by atoms with E-state index in [1.807, 2.05) is 67.4 Å². The third-order valence-electron chi connectivity index (χ3n) is 3.20. The van der Waals surface area contributed by atoms with Crippen LogP contribution in [-0.2, 0) is 0 Å². The molecule has 6 nitrogen and oxygen atoms in total. The fourth-order valence-corrected chi connectivity index (χ4v) is 2.59. The zero-order chi connectivity index (χ0) is 16.1. The van der Waals surface area contributed by atoms with E-state index < -0.39 is 0 Å². The summed E-state index contributed by atoms with van der Waals surface area (Å²) in [6.45, 7) is 1.90. The lowest BCUT2D eigenvalue weighted by Gasteiger charge is -2.14. The van der Waals surface area contributed by atoms with Crippen LogP contribution in [0, 0.1) is 0 Å². The van der Waals surface area contributed by atoms with Gasteiger partial charge in [0.25, 0.3) is 0 Å². The molecule has 0 radical (unpaired) electrons. The minimum absolute atomic E-state index is 0.637. The molecule has 0 aliphatic rings. The quantitative estimate of drug-likeness (QED) is 0.574. The monoisotopic (exact) mass is 324 g/mol. The van der Waals surface area contributed by atoms with Crippen molar-refractivity contribution in [1.82, 2.24) is 15.2 Å². The molecule has 2 aromatic heterocycles. The third-order valence-corrected chi connectivity index (χ3v) is 4.10. The van der Waals surface area contributed by atoms with Gasteiger partial charge in [0, 0.05) is 18.9 Å². The highest BCUT2D eigenvalue weighted by Gasteiger charge is 2.10. The number of pyridine rings is 1. The standard InChI is InChI=1S/C16H16N6S/c1-12(14-10-6-7-11-17-14)18-19-15-20-21-16(23-15)22(2)13-8-4-3-5-9-13/h3-11H,1-2H3,(H,19,20)/b18-12+. The molecule has 1 N–H and O–H groups in total. The molecule has 7 heteroatoms. The maximum atomic E-state index is 4.30. The van der Waals surface area contributed by atoms with E-state index in [0.717, 1.165) is 22.2 Å². The van der Waals surface area contributed by atoms with Gasteiger partial charge in [-0.2, -0.15) is 5.10 Å². The molecular weight excluding hydrogens is 308 g/mol. The average molecular weight is 324 g/mol. The number of rotatable bonds is 5. The highest BCUT2D eigenvalue weighted by Crippen LogP contribution is 2.28. The Bertz CT molecular complexity index is 785. The second-order valence-electron chi connectivity index (χ2n) is 4.81. The van der Waals surface area contributed by atoms with Crippen LogP contribution in [0.25, 0.3) is 0 Å². The zero-order valence-electron chi connectivity index (χ0n) is 12.8. The van der Waals surface area contributed by atoms with Gasteiger partial charge in [-0.05, 0) is 31.2 Å². The molecule has 0 bridgehead atoms. The number of anilines is 3. The van der Waals surface area contributed by atoms with Crippen molar-refractivity contribution in [1.29, 1.82) is 0 Å². The first-order chi connectivity index (χ1) is 11.2. The van der Waals surface area contributed by atoms with Crippen LogP contribution < -0.4 is 10.3 Å². The van der Waals surface area contributed by atoms with Crippen LogP contribution in [0.3, 0.4) is 0 Å². The maximum Gasteiger partial charge on any atom is 0.227 e. The van der Waals surface area contributed by atoms with E-state index in [9.17, 15) is 0 Å². The molecule has 116 valence electrons. The summed E-state index contributed by atoms with van der Waals surface area (Å²) in [5, 5.41) is 14.0. The number of hydrazone groups is 1. The highest BCUT2D eigenvalue weighted by atomic mass is 32.1. The fraction of sp³-hybridized carbons (Fsp3) is 0.125. The van der Waals surface area contributed by atoms with Gasteiger partial charge < -0.3 is 4.90 Å². The van der Waals surface area contributed by atoms with Crippen molar-refractivity contribution in [3.05, 3.63) is 60.4 Å². The molecule has 0 aliphatic heterocycles. The summed E-state index contributed by atoms with van der Waals surface area (Å²) in [6, 6.07) is 15.7. The predicted octanol–water partition coefficient (Wildman–Crippen LogP) is 3.54. The smallest absolute Gasteiger partial charge is 0.227 e. The Morgan fingerprint density at radius 2 is 1.87 bits per heavy atom. The van der Waals surface area contributed by atoms with E-state index >= 15 is 0 Å². The number of benzene rings is 1. The number of para-hydroxylation sites is 1. The van der Waals surface area contributed by atoms with Crippen molar-refractivity contribution >= 4 is 33.0 Å². The molecule has 0 amide bonds. The van der Waals surface area contributed by atoms with Gasteiger partial charge in [0.1, 0.15) is 0 Å². The van der Waals surface area contributed by atoms with Gasteiger partial charge in [0.15, 0.2) is 0 Å². The molecule has 0 atom stereocenters. The maximum absolute atomic E-state index is 4.30. The summed E-state index contributed by atoms with van der Waals surface area (Å²) >= 11 is 1.44. The second-order valence-corrected chi connectivity index (χ2v) is 5.76. The van der Waals surface area contributed by atoms with Gasteiger partial charge in [-0.1, -0.05) is 35.6 Å². The van der Waals surface area contributed by atoms with Gasteiger partial charge in [-0.25, -0.2) is 0 Å². The number of nitrogens with one attached hydrogen (secondary N) is 1. The van der Waals surface area contributed by atoms with Crippen molar-refractivity contribution in [2.24, 2.45) is 5.10 Å². The van der Waals surface area contributed by atoms with Gasteiger partial charge in [-0.3, -0.25) is 10.4 Å². The topological polar surface area (TPSA) is 66.3 Å². The lowest BCUT2D eigenvalue weighted by atomic mass is 10.3. The van der Waals surface area contributed by atoms with Crippen LogP contribution in [-0.4, -0.2) is 27.9 Å². The Morgan fingerprint density at radius 3 is 2.61 bits per heavy atom. The van der Waals surface area contributed by atoms with Crippen molar-refractivity contribution in [2.45, 2.75) is 6.92 Å². The summed E-state index contributed by atoms with van der Waals surface area (Å²) < 4.78 is 0. The molecule has 0 unspecified atom stereocenters. The summed E-state index contributed by atoms with van der Waals surface area (Å²) in [5.74, 6) is 0. The molecule has 1 aromatic carbocycles. The van der Waals surface area contributed by atoms with E-state index in [2.05, 4.69) is 25.7 Å². The average Bonchev–Trinajstić information content (AvgIpc) is 3.09. The molecule has 0 saturated carbocycles. The molecule has 2 heterocycles. The minimum Gasteiger partial charge on any atom is -0.319 e. The van der Waals surface area contributed by atoms with E-state index in [0.29, 0.717) is 5.13 Å². The largest absolute Gasteiger partial charge is 0.319 e. The first-order valence-corrected chi connectivity index (χ1v) is 7.89. The van der Waals surface area contributed by atoms with Crippen LogP contribution in [0.15, 0.2) is 59.8 Å². The SMILES string of the molecule is C/C(=N\Nc1nnc(N(C)c2ccccc2)s1)c1ccccn1. The highest BCUT2D eigenvalue weighted by molar-refractivity contribution is 7.19. The van der Waals surface area contributed by atoms with Crippen molar-refractivity contribution in [3.8, 4) is 0 Å². The molecule has 0 aliphatic carbocycles. The number of hydrogen-bond acceptors (Lipinski definition) is 7. The van der Waals surface area contributed by atoms with Crippen LogP contribution in [0.5, 0.6) is 0 Å². The molecular formula is C16H16N6S. The summed E-state index contributed by atoms with van der Waals surface area (Å²) in [4.78, 5) is 6.24. The lowest BCUT2D eigenvalue weighted by Crippen LogP contribution is -2.08. The first kappa shape index (κ1) is 15.1. The molecule has 0 spiro atoms. The molecule has 23 heavy (non-hydrogen) atoms. The molecule has 0 fully saturated rings. The van der Waals surface area contributed by atoms with Crippen LogP contribution >= 0.6 is 11.3 Å². The normalized spacial score (nSPS) is 11.3. The van der Waals surface area contributed by atoms with Gasteiger partial charge in [0.2, 0.25) is 10.3 Å². The second kappa shape index (κ2) is 6.97. The van der Waals surface area contributed by atoms with E-state index in [1.54, 1.807) is 6.20 Å². The van der Waals surface area contributed by atoms with Gasteiger partial charge >= 0.3 is 0 Å². The summed E-state index contributed by atoms with van der Waals surface area (Å²) in [6.07, 6.45) is 1.74. The van der Waals surface area contributed by atoms with Crippen LogP contribution in [0.1, 0.15) is 12.6 Å². The van der Waals surface area contributed by atoms with E-state index in [4.69, 9.17) is 0 Å². The Kier molecular flexibility index (Phi) is 4.58.